The highest BCUT2D eigenvalue weighted by molar-refractivity contribution is 4.85. The molecule has 0 amide bonds. The lowest BCUT2D eigenvalue weighted by atomic mass is 9.72. The maximum absolute atomic E-state index is 3.60. The van der Waals surface area contributed by atoms with E-state index in [0.29, 0.717) is 0 Å². The van der Waals surface area contributed by atoms with Gasteiger partial charge in [0.1, 0.15) is 0 Å². The normalized spacial score (nSPS) is 30.4. The molecule has 0 aliphatic heterocycles. The quantitative estimate of drug-likeness (QED) is 0.743. The molecule has 0 saturated heterocycles. The Morgan fingerprint density at radius 2 is 1.88 bits per heavy atom. The predicted molar refractivity (Wildman–Crippen MR) is 72.6 cm³/mol. The van der Waals surface area contributed by atoms with E-state index in [-0.39, 0.29) is 0 Å². The van der Waals surface area contributed by atoms with Gasteiger partial charge in [0.15, 0.2) is 0 Å². The van der Waals surface area contributed by atoms with Gasteiger partial charge >= 0.3 is 0 Å². The third kappa shape index (κ3) is 3.48. The summed E-state index contributed by atoms with van der Waals surface area (Å²) in [6, 6.07) is 0.731. The Balaban J connectivity index is 2.58. The Hall–Kier alpha value is -0.0400. The number of hydrogen-bond donors (Lipinski definition) is 1. The predicted octanol–water partition coefficient (Wildman–Crippen LogP) is 4.08. The van der Waals surface area contributed by atoms with Crippen molar-refractivity contribution in [3.05, 3.63) is 0 Å². The first kappa shape index (κ1) is 14.0. The van der Waals surface area contributed by atoms with Gasteiger partial charge in [-0.25, -0.2) is 0 Å². The molecule has 1 rings (SSSR count). The van der Waals surface area contributed by atoms with Crippen LogP contribution in [0.1, 0.15) is 59.8 Å². The molecule has 1 fully saturated rings. The highest BCUT2D eigenvalue weighted by Gasteiger charge is 2.31. The number of nitrogens with one attached hydrogen (secondary N) is 1. The molecule has 1 aliphatic rings. The van der Waals surface area contributed by atoms with Gasteiger partial charge in [0, 0.05) is 6.04 Å². The Morgan fingerprint density at radius 3 is 2.38 bits per heavy atom. The van der Waals surface area contributed by atoms with Crippen LogP contribution in [0.2, 0.25) is 0 Å². The average Bonchev–Trinajstić information content (AvgIpc) is 2.30. The lowest BCUT2D eigenvalue weighted by Gasteiger charge is -2.38. The highest BCUT2D eigenvalue weighted by Crippen LogP contribution is 2.36. The van der Waals surface area contributed by atoms with Gasteiger partial charge in [-0.2, -0.15) is 0 Å². The molecule has 0 aromatic rings. The van der Waals surface area contributed by atoms with Crippen LogP contribution in [-0.4, -0.2) is 13.1 Å². The molecule has 1 N–H and O–H groups in total. The molecule has 1 heteroatoms. The van der Waals surface area contributed by atoms with Gasteiger partial charge in [0.25, 0.3) is 0 Å². The Labute approximate surface area is 102 Å². The van der Waals surface area contributed by atoms with E-state index in [4.69, 9.17) is 0 Å². The van der Waals surface area contributed by atoms with E-state index >= 15 is 0 Å². The second kappa shape index (κ2) is 6.64. The molecule has 4 unspecified atom stereocenters. The summed E-state index contributed by atoms with van der Waals surface area (Å²) in [4.78, 5) is 0. The van der Waals surface area contributed by atoms with E-state index < -0.39 is 0 Å². The monoisotopic (exact) mass is 225 g/mol. The van der Waals surface area contributed by atoms with Gasteiger partial charge in [-0.15, -0.1) is 0 Å². The summed E-state index contributed by atoms with van der Waals surface area (Å²) in [5, 5.41) is 3.60. The maximum Gasteiger partial charge on any atom is 0.0120 e. The van der Waals surface area contributed by atoms with E-state index in [1.54, 1.807) is 0 Å². The van der Waals surface area contributed by atoms with Crippen LogP contribution < -0.4 is 5.32 Å². The summed E-state index contributed by atoms with van der Waals surface area (Å²) in [7, 11) is 2.15. The van der Waals surface area contributed by atoms with Gasteiger partial charge in [-0.1, -0.05) is 47.0 Å². The Morgan fingerprint density at radius 1 is 1.19 bits per heavy atom. The molecule has 0 aromatic heterocycles. The molecule has 0 spiro atoms. The molecule has 0 aromatic carbocycles. The van der Waals surface area contributed by atoms with Crippen molar-refractivity contribution in [3.8, 4) is 0 Å². The van der Waals surface area contributed by atoms with Gasteiger partial charge < -0.3 is 5.32 Å². The van der Waals surface area contributed by atoms with Crippen molar-refractivity contribution in [1.82, 2.24) is 5.32 Å². The van der Waals surface area contributed by atoms with Crippen molar-refractivity contribution in [2.45, 2.75) is 65.8 Å². The van der Waals surface area contributed by atoms with Crippen molar-refractivity contribution >= 4 is 0 Å². The van der Waals surface area contributed by atoms with Crippen molar-refractivity contribution in [2.75, 3.05) is 7.05 Å². The van der Waals surface area contributed by atoms with Crippen LogP contribution in [-0.2, 0) is 0 Å². The number of hydrogen-bond acceptors (Lipinski definition) is 1. The largest absolute Gasteiger partial charge is 0.316 e. The van der Waals surface area contributed by atoms with Crippen LogP contribution in [0.25, 0.3) is 0 Å². The zero-order valence-corrected chi connectivity index (χ0v) is 11.9. The second-order valence-corrected chi connectivity index (χ2v) is 6.12. The van der Waals surface area contributed by atoms with Crippen molar-refractivity contribution in [3.63, 3.8) is 0 Å². The van der Waals surface area contributed by atoms with E-state index in [0.717, 1.165) is 29.7 Å². The highest BCUT2D eigenvalue weighted by atomic mass is 14.9. The first-order valence-corrected chi connectivity index (χ1v) is 7.27. The molecule has 1 saturated carbocycles. The summed E-state index contributed by atoms with van der Waals surface area (Å²) < 4.78 is 0. The lowest BCUT2D eigenvalue weighted by Crippen LogP contribution is -2.43. The third-order valence-electron chi connectivity index (χ3n) is 4.86. The fourth-order valence-electron chi connectivity index (χ4n) is 3.37. The molecule has 0 heterocycles. The molecular formula is C15H31N. The van der Waals surface area contributed by atoms with Gasteiger partial charge in [0.05, 0.1) is 0 Å². The van der Waals surface area contributed by atoms with Crippen LogP contribution >= 0.6 is 0 Å². The summed E-state index contributed by atoms with van der Waals surface area (Å²) >= 11 is 0. The van der Waals surface area contributed by atoms with Crippen LogP contribution in [0.5, 0.6) is 0 Å². The fourth-order valence-corrected chi connectivity index (χ4v) is 3.37. The summed E-state index contributed by atoms with van der Waals surface area (Å²) in [5.41, 5.74) is 0. The molecule has 1 aliphatic carbocycles. The van der Waals surface area contributed by atoms with Gasteiger partial charge in [-0.3, -0.25) is 0 Å². The number of rotatable bonds is 5. The van der Waals surface area contributed by atoms with E-state index in [1.807, 2.05) is 0 Å². The summed E-state index contributed by atoms with van der Waals surface area (Å²) in [6.45, 7) is 9.49. The van der Waals surface area contributed by atoms with Gasteiger partial charge in [-0.05, 0) is 43.6 Å². The lowest BCUT2D eigenvalue weighted by molar-refractivity contribution is 0.158. The Bertz CT molecular complexity index is 188. The molecule has 4 atom stereocenters. The maximum atomic E-state index is 3.60. The standard InChI is InChI=1S/C15H31N/c1-6-13-8-7-9-14(10-13)15(16-5)12(4)11(2)3/h11-16H,6-10H2,1-5H3. The zero-order chi connectivity index (χ0) is 12.1. The van der Waals surface area contributed by atoms with E-state index in [1.165, 1.54) is 32.1 Å². The van der Waals surface area contributed by atoms with Gasteiger partial charge in [0.2, 0.25) is 0 Å². The molecule has 0 radical (unpaired) electrons. The first-order chi connectivity index (χ1) is 7.60. The Kier molecular flexibility index (Phi) is 5.82. The third-order valence-corrected chi connectivity index (χ3v) is 4.86. The van der Waals surface area contributed by atoms with Crippen molar-refractivity contribution < 1.29 is 0 Å². The minimum atomic E-state index is 0.731. The molecule has 16 heavy (non-hydrogen) atoms. The van der Waals surface area contributed by atoms with Crippen LogP contribution in [0.15, 0.2) is 0 Å². The van der Waals surface area contributed by atoms with Crippen molar-refractivity contribution in [1.29, 1.82) is 0 Å². The van der Waals surface area contributed by atoms with Crippen LogP contribution in [0.3, 0.4) is 0 Å². The topological polar surface area (TPSA) is 12.0 Å². The summed E-state index contributed by atoms with van der Waals surface area (Å²) in [5.74, 6) is 3.50. The minimum Gasteiger partial charge on any atom is -0.316 e. The smallest absolute Gasteiger partial charge is 0.0120 e. The fraction of sp³-hybridized carbons (Fsp3) is 1.00. The van der Waals surface area contributed by atoms with Crippen LogP contribution in [0, 0.1) is 23.7 Å². The van der Waals surface area contributed by atoms with Crippen LogP contribution in [0.4, 0.5) is 0 Å². The molecule has 0 bridgehead atoms. The zero-order valence-electron chi connectivity index (χ0n) is 11.9. The molecule has 96 valence electrons. The first-order valence-electron chi connectivity index (χ1n) is 7.27. The van der Waals surface area contributed by atoms with Crippen molar-refractivity contribution in [2.24, 2.45) is 23.7 Å². The minimum absolute atomic E-state index is 0.731. The molecule has 1 nitrogen and oxygen atoms in total. The van der Waals surface area contributed by atoms with E-state index in [2.05, 4.69) is 40.1 Å². The molecular weight excluding hydrogens is 194 g/mol. The van der Waals surface area contributed by atoms with E-state index in [9.17, 15) is 0 Å². The average molecular weight is 225 g/mol. The second-order valence-electron chi connectivity index (χ2n) is 6.12. The SMILES string of the molecule is CCC1CCCC(C(NC)C(C)C(C)C)C1. The summed E-state index contributed by atoms with van der Waals surface area (Å²) in [6.07, 6.45) is 7.20.